The second kappa shape index (κ2) is 5.43. The molecule has 0 atom stereocenters. The minimum atomic E-state index is -0.467. The monoisotopic (exact) mass is 259 g/mol. The first-order valence-electron chi connectivity index (χ1n) is 5.98. The third kappa shape index (κ3) is 3.25. The summed E-state index contributed by atoms with van der Waals surface area (Å²) in [5.74, 6) is -0.467. The van der Waals surface area contributed by atoms with Crippen LogP contribution in [0.1, 0.15) is 15.9 Å². The van der Waals surface area contributed by atoms with E-state index in [1.54, 1.807) is 18.2 Å². The molecule has 0 bridgehead atoms. The maximum absolute atomic E-state index is 11.1. The van der Waals surface area contributed by atoms with Gasteiger partial charge in [0.15, 0.2) is 0 Å². The molecule has 19 heavy (non-hydrogen) atoms. The normalized spacial score (nSPS) is 10.4. The highest BCUT2D eigenvalue weighted by Gasteiger charge is 2.04. The van der Waals surface area contributed by atoms with Gasteiger partial charge in [-0.1, -0.05) is 0 Å². The zero-order valence-corrected chi connectivity index (χ0v) is 10.8. The largest absolute Gasteiger partial charge is 0.397 e. The Kier molecular flexibility index (Phi) is 3.70. The van der Waals surface area contributed by atoms with Gasteiger partial charge in [0.1, 0.15) is 0 Å². The molecule has 0 spiro atoms. The molecular formula is C13H17N5O. The van der Waals surface area contributed by atoms with E-state index in [1.807, 2.05) is 24.0 Å². The molecule has 0 aliphatic rings. The van der Waals surface area contributed by atoms with E-state index in [0.29, 0.717) is 30.0 Å². The summed E-state index contributed by atoms with van der Waals surface area (Å²) < 4.78 is 1.84. The van der Waals surface area contributed by atoms with Gasteiger partial charge in [0.05, 0.1) is 24.1 Å². The highest BCUT2D eigenvalue weighted by Crippen LogP contribution is 2.19. The first-order chi connectivity index (χ1) is 9.06. The molecule has 2 aromatic rings. The Morgan fingerprint density at radius 1 is 1.47 bits per heavy atom. The lowest BCUT2D eigenvalue weighted by Crippen LogP contribution is -2.14. The van der Waals surface area contributed by atoms with Gasteiger partial charge in [0, 0.05) is 18.3 Å². The first-order valence-corrected chi connectivity index (χ1v) is 5.98. The van der Waals surface area contributed by atoms with Crippen molar-refractivity contribution < 1.29 is 4.79 Å². The van der Waals surface area contributed by atoms with Crippen LogP contribution in [0.2, 0.25) is 0 Å². The molecule has 0 radical (unpaired) electrons. The number of aryl methyl sites for hydroxylation is 1. The number of rotatable bonds is 5. The van der Waals surface area contributed by atoms with Crippen LogP contribution in [0, 0.1) is 6.92 Å². The van der Waals surface area contributed by atoms with Crippen LogP contribution in [-0.4, -0.2) is 22.2 Å². The van der Waals surface area contributed by atoms with E-state index in [2.05, 4.69) is 10.4 Å². The van der Waals surface area contributed by atoms with Crippen LogP contribution in [0.4, 0.5) is 11.4 Å². The van der Waals surface area contributed by atoms with Gasteiger partial charge < -0.3 is 16.8 Å². The Balaban J connectivity index is 1.99. The third-order valence-electron chi connectivity index (χ3n) is 2.76. The van der Waals surface area contributed by atoms with E-state index in [0.717, 1.165) is 5.56 Å². The van der Waals surface area contributed by atoms with Gasteiger partial charge in [-0.25, -0.2) is 0 Å². The van der Waals surface area contributed by atoms with Crippen molar-refractivity contribution in [3.05, 3.63) is 41.7 Å². The minimum Gasteiger partial charge on any atom is -0.397 e. The Bertz CT molecular complexity index is 590. The summed E-state index contributed by atoms with van der Waals surface area (Å²) in [6, 6.07) is 4.94. The molecule has 0 aliphatic heterocycles. The molecule has 0 saturated heterocycles. The van der Waals surface area contributed by atoms with Gasteiger partial charge in [-0.2, -0.15) is 5.10 Å². The van der Waals surface area contributed by atoms with Crippen molar-refractivity contribution in [2.45, 2.75) is 13.5 Å². The van der Waals surface area contributed by atoms with Crippen molar-refractivity contribution in [3.63, 3.8) is 0 Å². The third-order valence-corrected chi connectivity index (χ3v) is 2.76. The number of benzene rings is 1. The van der Waals surface area contributed by atoms with Gasteiger partial charge in [-0.05, 0) is 30.7 Å². The predicted molar refractivity (Wildman–Crippen MR) is 74.8 cm³/mol. The standard InChI is InChI=1S/C13H17N5O/c1-9-7-17-18(8-9)5-4-16-12-6-10(13(15)19)2-3-11(12)14/h2-3,6-8,16H,4-5,14H2,1H3,(H2,15,19). The average molecular weight is 259 g/mol. The van der Waals surface area contributed by atoms with Crippen LogP contribution >= 0.6 is 0 Å². The molecule has 0 aliphatic carbocycles. The summed E-state index contributed by atoms with van der Waals surface area (Å²) in [4.78, 5) is 11.1. The Labute approximate surface area is 111 Å². The van der Waals surface area contributed by atoms with Crippen LogP contribution in [0.15, 0.2) is 30.6 Å². The molecule has 1 aromatic carbocycles. The molecule has 0 fully saturated rings. The summed E-state index contributed by atoms with van der Waals surface area (Å²) in [5, 5.41) is 7.36. The van der Waals surface area contributed by atoms with Crippen molar-refractivity contribution in [2.75, 3.05) is 17.6 Å². The first kappa shape index (κ1) is 12.9. The number of hydrogen-bond donors (Lipinski definition) is 3. The van der Waals surface area contributed by atoms with Crippen LogP contribution < -0.4 is 16.8 Å². The highest BCUT2D eigenvalue weighted by molar-refractivity contribution is 5.94. The maximum atomic E-state index is 11.1. The topological polar surface area (TPSA) is 99.0 Å². The maximum Gasteiger partial charge on any atom is 0.248 e. The molecular weight excluding hydrogens is 242 g/mol. The number of nitrogens with one attached hydrogen (secondary N) is 1. The van der Waals surface area contributed by atoms with Crippen LogP contribution in [-0.2, 0) is 6.54 Å². The lowest BCUT2D eigenvalue weighted by molar-refractivity contribution is 0.100. The summed E-state index contributed by atoms with van der Waals surface area (Å²) in [6.07, 6.45) is 3.77. The lowest BCUT2D eigenvalue weighted by atomic mass is 10.1. The van der Waals surface area contributed by atoms with Gasteiger partial charge in [0.25, 0.3) is 0 Å². The van der Waals surface area contributed by atoms with Gasteiger partial charge >= 0.3 is 0 Å². The van der Waals surface area contributed by atoms with E-state index in [9.17, 15) is 4.79 Å². The number of nitrogens with two attached hydrogens (primary N) is 2. The fourth-order valence-electron chi connectivity index (χ4n) is 1.76. The smallest absolute Gasteiger partial charge is 0.248 e. The van der Waals surface area contributed by atoms with E-state index < -0.39 is 5.91 Å². The van der Waals surface area contributed by atoms with E-state index in [1.165, 1.54) is 0 Å². The second-order valence-corrected chi connectivity index (χ2v) is 4.37. The molecule has 1 heterocycles. The number of hydrogen-bond acceptors (Lipinski definition) is 4. The quantitative estimate of drug-likeness (QED) is 0.697. The molecule has 5 N–H and O–H groups in total. The zero-order chi connectivity index (χ0) is 13.8. The predicted octanol–water partition coefficient (Wildman–Crippen LogP) is 0.985. The molecule has 0 unspecified atom stereocenters. The van der Waals surface area contributed by atoms with Crippen molar-refractivity contribution in [3.8, 4) is 0 Å². The molecule has 2 rings (SSSR count). The van der Waals surface area contributed by atoms with Crippen molar-refractivity contribution in [2.24, 2.45) is 5.73 Å². The highest BCUT2D eigenvalue weighted by atomic mass is 16.1. The summed E-state index contributed by atoms with van der Waals surface area (Å²) >= 11 is 0. The molecule has 6 nitrogen and oxygen atoms in total. The van der Waals surface area contributed by atoms with Crippen molar-refractivity contribution in [1.29, 1.82) is 0 Å². The fourth-order valence-corrected chi connectivity index (χ4v) is 1.76. The van der Waals surface area contributed by atoms with Crippen molar-refractivity contribution in [1.82, 2.24) is 9.78 Å². The van der Waals surface area contributed by atoms with Gasteiger partial charge in [-0.3, -0.25) is 9.48 Å². The van der Waals surface area contributed by atoms with Crippen molar-refractivity contribution >= 4 is 17.3 Å². The Morgan fingerprint density at radius 2 is 2.26 bits per heavy atom. The number of aromatic nitrogens is 2. The van der Waals surface area contributed by atoms with E-state index in [-0.39, 0.29) is 0 Å². The molecule has 0 saturated carbocycles. The number of nitrogens with zero attached hydrogens (tertiary/aromatic N) is 2. The van der Waals surface area contributed by atoms with Gasteiger partial charge in [0.2, 0.25) is 5.91 Å². The van der Waals surface area contributed by atoms with E-state index >= 15 is 0 Å². The molecule has 1 amide bonds. The molecule has 100 valence electrons. The molecule has 6 heteroatoms. The van der Waals surface area contributed by atoms with Crippen LogP contribution in [0.25, 0.3) is 0 Å². The number of amides is 1. The minimum absolute atomic E-state index is 0.437. The number of primary amides is 1. The SMILES string of the molecule is Cc1cnn(CCNc2cc(C(N)=O)ccc2N)c1. The van der Waals surface area contributed by atoms with Crippen LogP contribution in [0.5, 0.6) is 0 Å². The van der Waals surface area contributed by atoms with Gasteiger partial charge in [-0.15, -0.1) is 0 Å². The lowest BCUT2D eigenvalue weighted by Gasteiger charge is -2.10. The zero-order valence-electron chi connectivity index (χ0n) is 10.8. The molecule has 1 aromatic heterocycles. The average Bonchev–Trinajstić information content (AvgIpc) is 2.77. The summed E-state index contributed by atoms with van der Waals surface area (Å²) in [5.41, 5.74) is 13.9. The second-order valence-electron chi connectivity index (χ2n) is 4.37. The number of anilines is 2. The van der Waals surface area contributed by atoms with E-state index in [4.69, 9.17) is 11.5 Å². The Morgan fingerprint density at radius 3 is 2.89 bits per heavy atom. The summed E-state index contributed by atoms with van der Waals surface area (Å²) in [6.45, 7) is 3.37. The Hall–Kier alpha value is -2.50. The number of nitrogen functional groups attached to an aromatic ring is 1. The fraction of sp³-hybridized carbons (Fsp3) is 0.231. The van der Waals surface area contributed by atoms with Crippen LogP contribution in [0.3, 0.4) is 0 Å². The number of carbonyl (C=O) groups excluding carboxylic acids is 1. The number of carbonyl (C=O) groups is 1. The summed E-state index contributed by atoms with van der Waals surface area (Å²) in [7, 11) is 0.